The SMILES string of the molecule is COC(=O)c1cnc(I)c(C)c1. The van der Waals surface area contributed by atoms with Crippen LogP contribution in [0.2, 0.25) is 0 Å². The van der Waals surface area contributed by atoms with Gasteiger partial charge in [-0.05, 0) is 41.1 Å². The van der Waals surface area contributed by atoms with Crippen LogP contribution < -0.4 is 0 Å². The average molecular weight is 277 g/mol. The van der Waals surface area contributed by atoms with Crippen LogP contribution in [0.1, 0.15) is 15.9 Å². The second-order valence-electron chi connectivity index (χ2n) is 2.32. The quantitative estimate of drug-likeness (QED) is 0.446. The molecule has 0 N–H and O–H groups in total. The van der Waals surface area contributed by atoms with Gasteiger partial charge in [0, 0.05) is 6.20 Å². The normalized spacial score (nSPS) is 9.58. The molecule has 0 saturated heterocycles. The minimum Gasteiger partial charge on any atom is -0.465 e. The molecule has 0 fully saturated rings. The highest BCUT2D eigenvalue weighted by atomic mass is 127. The van der Waals surface area contributed by atoms with Gasteiger partial charge in [0.2, 0.25) is 0 Å². The molecule has 0 atom stereocenters. The molecule has 0 bridgehead atoms. The first kappa shape index (κ1) is 9.44. The number of aromatic nitrogens is 1. The van der Waals surface area contributed by atoms with E-state index in [1.54, 1.807) is 6.07 Å². The number of pyridine rings is 1. The molecule has 12 heavy (non-hydrogen) atoms. The maximum atomic E-state index is 11.0. The minimum absolute atomic E-state index is 0.345. The van der Waals surface area contributed by atoms with E-state index in [1.165, 1.54) is 13.3 Å². The number of carbonyl (C=O) groups excluding carboxylic acids is 1. The van der Waals surface area contributed by atoms with Crippen LogP contribution in [0.4, 0.5) is 0 Å². The Morgan fingerprint density at radius 2 is 2.33 bits per heavy atom. The molecule has 1 aromatic rings. The molecule has 1 rings (SSSR count). The van der Waals surface area contributed by atoms with Crippen molar-refractivity contribution in [1.82, 2.24) is 4.98 Å². The van der Waals surface area contributed by atoms with Crippen molar-refractivity contribution in [3.8, 4) is 0 Å². The zero-order valence-corrected chi connectivity index (χ0v) is 8.95. The highest BCUT2D eigenvalue weighted by Crippen LogP contribution is 2.10. The summed E-state index contributed by atoms with van der Waals surface area (Å²) in [5.41, 5.74) is 1.48. The molecule has 1 heterocycles. The molecule has 0 saturated carbocycles. The molecule has 4 heteroatoms. The molecule has 0 radical (unpaired) electrons. The topological polar surface area (TPSA) is 39.2 Å². The lowest BCUT2D eigenvalue weighted by Crippen LogP contribution is -2.03. The van der Waals surface area contributed by atoms with E-state index in [0.29, 0.717) is 5.56 Å². The Labute approximate surface area is 84.3 Å². The number of rotatable bonds is 1. The van der Waals surface area contributed by atoms with Crippen LogP contribution in [0.15, 0.2) is 12.3 Å². The van der Waals surface area contributed by atoms with Crippen molar-refractivity contribution < 1.29 is 9.53 Å². The largest absolute Gasteiger partial charge is 0.465 e. The fourth-order valence-electron chi connectivity index (χ4n) is 0.788. The van der Waals surface area contributed by atoms with Gasteiger partial charge in [-0.15, -0.1) is 0 Å². The van der Waals surface area contributed by atoms with Gasteiger partial charge < -0.3 is 4.74 Å². The Morgan fingerprint density at radius 1 is 1.67 bits per heavy atom. The number of hydrogen-bond acceptors (Lipinski definition) is 3. The summed E-state index contributed by atoms with van der Waals surface area (Å²) in [6, 6.07) is 1.76. The molecule has 3 nitrogen and oxygen atoms in total. The van der Waals surface area contributed by atoms with Crippen molar-refractivity contribution in [2.45, 2.75) is 6.92 Å². The fourth-order valence-corrected chi connectivity index (χ4v) is 1.08. The van der Waals surface area contributed by atoms with Gasteiger partial charge in [0.25, 0.3) is 0 Å². The maximum absolute atomic E-state index is 11.0. The Morgan fingerprint density at radius 3 is 2.83 bits per heavy atom. The molecule has 0 aromatic carbocycles. The molecule has 0 aliphatic rings. The van der Waals surface area contributed by atoms with E-state index in [9.17, 15) is 4.79 Å². The predicted octanol–water partition coefficient (Wildman–Crippen LogP) is 1.78. The summed E-state index contributed by atoms with van der Waals surface area (Å²) in [6.07, 6.45) is 1.51. The van der Waals surface area contributed by atoms with Crippen molar-refractivity contribution in [1.29, 1.82) is 0 Å². The van der Waals surface area contributed by atoms with Crippen LogP contribution in [0.5, 0.6) is 0 Å². The molecule has 0 aliphatic heterocycles. The zero-order valence-electron chi connectivity index (χ0n) is 6.80. The van der Waals surface area contributed by atoms with E-state index in [-0.39, 0.29) is 5.97 Å². The number of hydrogen-bond donors (Lipinski definition) is 0. The first-order valence-corrected chi connectivity index (χ1v) is 4.43. The van der Waals surface area contributed by atoms with Crippen molar-refractivity contribution in [3.63, 3.8) is 0 Å². The Bertz CT molecular complexity index is 312. The van der Waals surface area contributed by atoms with Gasteiger partial charge >= 0.3 is 5.97 Å². The number of methoxy groups -OCH3 is 1. The molecule has 0 spiro atoms. The second-order valence-corrected chi connectivity index (χ2v) is 3.35. The van der Waals surface area contributed by atoms with Crippen molar-refractivity contribution in [2.24, 2.45) is 0 Å². The van der Waals surface area contributed by atoms with E-state index in [2.05, 4.69) is 32.3 Å². The van der Waals surface area contributed by atoms with Gasteiger partial charge in [0.1, 0.15) is 3.70 Å². The molecule has 0 unspecified atom stereocenters. The van der Waals surface area contributed by atoms with E-state index >= 15 is 0 Å². The third-order valence-corrected chi connectivity index (χ3v) is 2.56. The fraction of sp³-hybridized carbons (Fsp3) is 0.250. The average Bonchev–Trinajstić information content (AvgIpc) is 2.08. The number of ether oxygens (including phenoxy) is 1. The lowest BCUT2D eigenvalue weighted by atomic mass is 10.2. The number of aryl methyl sites for hydroxylation is 1. The first-order chi connectivity index (χ1) is 5.65. The van der Waals surface area contributed by atoms with Crippen LogP contribution in [-0.4, -0.2) is 18.1 Å². The van der Waals surface area contributed by atoms with E-state index in [4.69, 9.17) is 0 Å². The van der Waals surface area contributed by atoms with Crippen LogP contribution in [0, 0.1) is 10.6 Å². The molecular weight excluding hydrogens is 269 g/mol. The van der Waals surface area contributed by atoms with E-state index < -0.39 is 0 Å². The minimum atomic E-state index is -0.345. The predicted molar refractivity (Wildman–Crippen MR) is 53.0 cm³/mol. The molecule has 1 aromatic heterocycles. The van der Waals surface area contributed by atoms with Gasteiger partial charge in [-0.3, -0.25) is 0 Å². The summed E-state index contributed by atoms with van der Waals surface area (Å²) in [7, 11) is 1.36. The molecular formula is C8H8INO2. The van der Waals surface area contributed by atoms with Crippen molar-refractivity contribution in [2.75, 3.05) is 7.11 Å². The summed E-state index contributed by atoms with van der Waals surface area (Å²) in [4.78, 5) is 15.0. The number of esters is 1. The van der Waals surface area contributed by atoms with E-state index in [1.807, 2.05) is 6.92 Å². The smallest absolute Gasteiger partial charge is 0.339 e. The van der Waals surface area contributed by atoms with Gasteiger partial charge in [-0.25, -0.2) is 9.78 Å². The number of nitrogens with zero attached hydrogens (tertiary/aromatic N) is 1. The lowest BCUT2D eigenvalue weighted by molar-refractivity contribution is 0.0600. The van der Waals surface area contributed by atoms with Crippen molar-refractivity contribution in [3.05, 3.63) is 27.1 Å². The second kappa shape index (κ2) is 3.84. The third kappa shape index (κ3) is 1.94. The first-order valence-electron chi connectivity index (χ1n) is 3.35. The van der Waals surface area contributed by atoms with E-state index in [0.717, 1.165) is 9.26 Å². The molecule has 64 valence electrons. The van der Waals surface area contributed by atoms with Crippen LogP contribution >= 0.6 is 22.6 Å². The van der Waals surface area contributed by atoms with Gasteiger partial charge in [-0.2, -0.15) is 0 Å². The standard InChI is InChI=1S/C8H8INO2/c1-5-3-6(8(11)12-2)4-10-7(5)9/h3-4H,1-2H3. The Balaban J connectivity index is 3.05. The summed E-state index contributed by atoms with van der Waals surface area (Å²) in [5.74, 6) is -0.345. The summed E-state index contributed by atoms with van der Waals surface area (Å²) < 4.78 is 5.45. The highest BCUT2D eigenvalue weighted by Gasteiger charge is 2.06. The highest BCUT2D eigenvalue weighted by molar-refractivity contribution is 14.1. The lowest BCUT2D eigenvalue weighted by Gasteiger charge is -2.00. The van der Waals surface area contributed by atoms with Gasteiger partial charge in [-0.1, -0.05) is 0 Å². The Hall–Kier alpha value is -0.650. The molecule has 0 amide bonds. The third-order valence-electron chi connectivity index (χ3n) is 1.44. The van der Waals surface area contributed by atoms with Crippen molar-refractivity contribution >= 4 is 28.6 Å². The summed E-state index contributed by atoms with van der Waals surface area (Å²) in [6.45, 7) is 1.90. The summed E-state index contributed by atoms with van der Waals surface area (Å²) in [5, 5.41) is 0. The molecule has 0 aliphatic carbocycles. The Kier molecular flexibility index (Phi) is 3.02. The van der Waals surface area contributed by atoms with Gasteiger partial charge in [0.15, 0.2) is 0 Å². The number of halogens is 1. The van der Waals surface area contributed by atoms with Crippen LogP contribution in [0.25, 0.3) is 0 Å². The maximum Gasteiger partial charge on any atom is 0.339 e. The summed E-state index contributed by atoms with van der Waals surface area (Å²) >= 11 is 2.11. The van der Waals surface area contributed by atoms with Crippen LogP contribution in [0.3, 0.4) is 0 Å². The zero-order chi connectivity index (χ0) is 9.14. The van der Waals surface area contributed by atoms with Gasteiger partial charge in [0.05, 0.1) is 12.7 Å². The number of carbonyl (C=O) groups is 1. The monoisotopic (exact) mass is 277 g/mol. The van der Waals surface area contributed by atoms with Crippen LogP contribution in [-0.2, 0) is 4.74 Å².